The molecule has 0 spiro atoms. The highest BCUT2D eigenvalue weighted by atomic mass is 31.1. The van der Waals surface area contributed by atoms with E-state index in [0.29, 0.717) is 5.66 Å². The maximum Gasteiger partial charge on any atom is 0.0318 e. The summed E-state index contributed by atoms with van der Waals surface area (Å²) < 4.78 is 0. The number of benzene rings is 4. The van der Waals surface area contributed by atoms with Gasteiger partial charge in [0.25, 0.3) is 0 Å². The molecule has 0 radical (unpaired) electrons. The van der Waals surface area contributed by atoms with E-state index in [0.717, 1.165) is 13.0 Å². The number of nitrogens with zero attached hydrogens (tertiary/aromatic N) is 1. The van der Waals surface area contributed by atoms with E-state index in [-0.39, 0.29) is 0 Å². The Bertz CT molecular complexity index is 1220. The second-order valence-electron chi connectivity index (χ2n) is 9.32. The van der Waals surface area contributed by atoms with Crippen LogP contribution in [0.5, 0.6) is 0 Å². The fourth-order valence-corrected chi connectivity index (χ4v) is 10.8. The van der Waals surface area contributed by atoms with Crippen molar-refractivity contribution in [3.63, 3.8) is 0 Å². The van der Waals surface area contributed by atoms with Gasteiger partial charge in [0.1, 0.15) is 0 Å². The Kier molecular flexibility index (Phi) is 8.25. The average Bonchev–Trinajstić information content (AvgIpc) is 3.33. The molecule has 3 heteroatoms. The van der Waals surface area contributed by atoms with Crippen molar-refractivity contribution >= 4 is 37.1 Å². The van der Waals surface area contributed by atoms with Crippen LogP contribution in [0.4, 0.5) is 0 Å². The Morgan fingerprint density at radius 1 is 0.583 bits per heavy atom. The van der Waals surface area contributed by atoms with E-state index in [2.05, 4.69) is 152 Å². The summed E-state index contributed by atoms with van der Waals surface area (Å²) in [7, 11) is 3.09. The first kappa shape index (κ1) is 24.9. The molecule has 0 bridgehead atoms. The number of allylic oxidation sites excluding steroid dienone is 3. The molecule has 0 fully saturated rings. The van der Waals surface area contributed by atoms with Gasteiger partial charge in [0.2, 0.25) is 0 Å². The van der Waals surface area contributed by atoms with Gasteiger partial charge in [-0.15, -0.1) is 0 Å². The summed E-state index contributed by atoms with van der Waals surface area (Å²) >= 11 is 0. The largest absolute Gasteiger partial charge is 0.309 e. The molecule has 0 saturated heterocycles. The standard InChI is InChI=1S/C33H33NP2/c1-34(2)26-25-27-23-24-32(35(28-15-7-3-8-16-28)29-17-9-4-10-18-29)33(27)36(30-19-11-5-12-20-30)31-21-13-6-14-22-31/h3-24,32H,25-26H2,1-2H3. The molecule has 0 N–H and O–H groups in total. The van der Waals surface area contributed by atoms with Crippen molar-refractivity contribution in [2.75, 3.05) is 20.6 Å². The predicted octanol–water partition coefficient (Wildman–Crippen LogP) is 6.40. The van der Waals surface area contributed by atoms with Crippen molar-refractivity contribution in [3.05, 3.63) is 144 Å². The zero-order chi connectivity index (χ0) is 24.7. The monoisotopic (exact) mass is 505 g/mol. The van der Waals surface area contributed by atoms with Gasteiger partial charge in [0.15, 0.2) is 0 Å². The third-order valence-electron chi connectivity index (χ3n) is 6.53. The number of rotatable bonds is 9. The van der Waals surface area contributed by atoms with Gasteiger partial charge < -0.3 is 4.90 Å². The van der Waals surface area contributed by atoms with Gasteiger partial charge >= 0.3 is 0 Å². The van der Waals surface area contributed by atoms with Crippen LogP contribution in [-0.4, -0.2) is 31.2 Å². The number of hydrogen-bond acceptors (Lipinski definition) is 1. The van der Waals surface area contributed by atoms with Crippen LogP contribution in [0.3, 0.4) is 0 Å². The number of hydrogen-bond donors (Lipinski definition) is 0. The Hall–Kier alpha value is -2.82. The van der Waals surface area contributed by atoms with Gasteiger partial charge in [-0.2, -0.15) is 0 Å². The molecule has 0 heterocycles. The molecular formula is C33H33NP2. The summed E-state index contributed by atoms with van der Waals surface area (Å²) in [6, 6.07) is 44.7. The van der Waals surface area contributed by atoms with E-state index < -0.39 is 15.8 Å². The molecule has 4 aromatic rings. The van der Waals surface area contributed by atoms with Crippen LogP contribution in [0, 0.1) is 0 Å². The summed E-state index contributed by atoms with van der Waals surface area (Å²) in [6.45, 7) is 1.05. The molecule has 0 aromatic heterocycles. The van der Waals surface area contributed by atoms with Gasteiger partial charge in [-0.05, 0) is 68.5 Å². The molecule has 4 aromatic carbocycles. The first-order chi connectivity index (χ1) is 17.7. The zero-order valence-corrected chi connectivity index (χ0v) is 22.8. The third kappa shape index (κ3) is 5.61. The second kappa shape index (κ2) is 11.9. The quantitative estimate of drug-likeness (QED) is 0.238. The van der Waals surface area contributed by atoms with Crippen molar-refractivity contribution in [3.8, 4) is 0 Å². The minimum absolute atomic E-state index is 0.369. The molecule has 36 heavy (non-hydrogen) atoms. The zero-order valence-electron chi connectivity index (χ0n) is 21.0. The summed E-state index contributed by atoms with van der Waals surface area (Å²) in [5, 5.41) is 7.37. The van der Waals surface area contributed by atoms with Gasteiger partial charge in [-0.25, -0.2) is 0 Å². The van der Waals surface area contributed by atoms with Crippen LogP contribution in [0.15, 0.2) is 144 Å². The van der Waals surface area contributed by atoms with Crippen molar-refractivity contribution in [2.24, 2.45) is 0 Å². The Labute approximate surface area is 218 Å². The molecule has 1 aliphatic carbocycles. The van der Waals surface area contributed by atoms with Gasteiger partial charge in [-0.1, -0.05) is 133 Å². The fraction of sp³-hybridized carbons (Fsp3) is 0.152. The summed E-state index contributed by atoms with van der Waals surface area (Å²) in [4.78, 5) is 2.30. The van der Waals surface area contributed by atoms with Crippen LogP contribution in [0.25, 0.3) is 0 Å². The van der Waals surface area contributed by atoms with E-state index in [1.54, 1.807) is 5.31 Å². The molecule has 0 amide bonds. The predicted molar refractivity (Wildman–Crippen MR) is 161 cm³/mol. The lowest BCUT2D eigenvalue weighted by Gasteiger charge is -2.32. The van der Waals surface area contributed by atoms with E-state index in [4.69, 9.17) is 0 Å². The first-order valence-corrected chi connectivity index (χ1v) is 15.3. The Balaban J connectivity index is 1.70. The summed E-state index contributed by atoms with van der Waals surface area (Å²) in [5.41, 5.74) is 1.89. The van der Waals surface area contributed by atoms with E-state index in [9.17, 15) is 0 Å². The molecule has 0 saturated carbocycles. The van der Waals surface area contributed by atoms with Crippen molar-refractivity contribution in [1.29, 1.82) is 0 Å². The molecule has 1 unspecified atom stereocenters. The lowest BCUT2D eigenvalue weighted by atomic mass is 10.2. The second-order valence-corrected chi connectivity index (χ2v) is 13.8. The Morgan fingerprint density at radius 2 is 1.00 bits per heavy atom. The molecule has 1 nitrogen and oxygen atoms in total. The summed E-state index contributed by atoms with van der Waals surface area (Å²) in [6.07, 6.45) is 6.04. The van der Waals surface area contributed by atoms with Crippen LogP contribution < -0.4 is 21.2 Å². The summed E-state index contributed by atoms with van der Waals surface area (Å²) in [5.74, 6) is 0. The average molecular weight is 506 g/mol. The topological polar surface area (TPSA) is 3.24 Å². The first-order valence-electron chi connectivity index (χ1n) is 12.6. The smallest absolute Gasteiger partial charge is 0.0318 e. The van der Waals surface area contributed by atoms with Crippen LogP contribution >= 0.6 is 15.8 Å². The lowest BCUT2D eigenvalue weighted by Crippen LogP contribution is -2.24. The molecular weight excluding hydrogens is 472 g/mol. The van der Waals surface area contributed by atoms with Gasteiger partial charge in [-0.3, -0.25) is 0 Å². The molecule has 0 aliphatic heterocycles. The third-order valence-corrected chi connectivity index (χ3v) is 12.1. The highest BCUT2D eigenvalue weighted by Crippen LogP contribution is 2.58. The fourth-order valence-electron chi connectivity index (χ4n) is 4.84. The lowest BCUT2D eigenvalue weighted by molar-refractivity contribution is 0.414. The van der Waals surface area contributed by atoms with Crippen molar-refractivity contribution in [1.82, 2.24) is 4.90 Å². The normalized spacial score (nSPS) is 15.4. The molecule has 1 aliphatic rings. The van der Waals surface area contributed by atoms with Crippen molar-refractivity contribution in [2.45, 2.75) is 12.1 Å². The molecule has 5 rings (SSSR count). The maximum absolute atomic E-state index is 2.52. The SMILES string of the molecule is CN(C)CCC1=C(P(c2ccccc2)c2ccccc2)C(P(c2ccccc2)c2ccccc2)C=C1. The highest BCUT2D eigenvalue weighted by molar-refractivity contribution is 7.80. The van der Waals surface area contributed by atoms with Crippen LogP contribution in [0.2, 0.25) is 0 Å². The molecule has 1 atom stereocenters. The highest BCUT2D eigenvalue weighted by Gasteiger charge is 2.35. The minimum atomic E-state index is -0.660. The maximum atomic E-state index is 2.52. The van der Waals surface area contributed by atoms with Gasteiger partial charge in [0.05, 0.1) is 0 Å². The van der Waals surface area contributed by atoms with Gasteiger partial charge in [0, 0.05) is 12.2 Å². The van der Waals surface area contributed by atoms with Crippen LogP contribution in [0.1, 0.15) is 6.42 Å². The minimum Gasteiger partial charge on any atom is -0.309 e. The van der Waals surface area contributed by atoms with E-state index in [1.807, 2.05) is 0 Å². The molecule has 180 valence electrons. The Morgan fingerprint density at radius 3 is 1.42 bits per heavy atom. The van der Waals surface area contributed by atoms with E-state index in [1.165, 1.54) is 26.8 Å². The van der Waals surface area contributed by atoms with Crippen molar-refractivity contribution < 1.29 is 0 Å². The van der Waals surface area contributed by atoms with Crippen LogP contribution in [-0.2, 0) is 0 Å². The van der Waals surface area contributed by atoms with E-state index >= 15 is 0 Å².